The topological polar surface area (TPSA) is 46.2 Å². The minimum atomic E-state index is -2.80. The van der Waals surface area contributed by atoms with Gasteiger partial charge in [-0.3, -0.25) is 0 Å². The zero-order chi connectivity index (χ0) is 15.0. The summed E-state index contributed by atoms with van der Waals surface area (Å²) in [5.41, 5.74) is 0. The van der Waals surface area contributed by atoms with Crippen molar-refractivity contribution in [2.45, 2.75) is 58.8 Å². The first kappa shape index (κ1) is 18.0. The van der Waals surface area contributed by atoms with Crippen molar-refractivity contribution in [1.29, 1.82) is 0 Å². The highest BCUT2D eigenvalue weighted by Gasteiger charge is 2.29. The Morgan fingerprint density at radius 2 is 1.90 bits per heavy atom. The van der Waals surface area contributed by atoms with Crippen LogP contribution in [0, 0.1) is 17.8 Å². The average molecular weight is 304 g/mol. The molecule has 120 valence electrons. The summed E-state index contributed by atoms with van der Waals surface area (Å²) in [6.07, 6.45) is 9.71. The van der Waals surface area contributed by atoms with E-state index in [1.807, 2.05) is 0 Å². The molecule has 0 saturated heterocycles. The molecule has 0 bridgehead atoms. The normalized spacial score (nSPS) is 27.6. The summed E-state index contributed by atoms with van der Waals surface area (Å²) in [4.78, 5) is 0. The van der Waals surface area contributed by atoms with Gasteiger partial charge in [0.25, 0.3) is 0 Å². The lowest BCUT2D eigenvalue weighted by molar-refractivity contribution is 0.162. The maximum atomic E-state index is 11.3. The van der Waals surface area contributed by atoms with Crippen LogP contribution in [0.15, 0.2) is 0 Å². The highest BCUT2D eigenvalue weighted by molar-refractivity contribution is 7.90. The predicted molar refractivity (Wildman–Crippen MR) is 86.7 cm³/mol. The van der Waals surface area contributed by atoms with Gasteiger partial charge in [-0.15, -0.1) is 0 Å². The van der Waals surface area contributed by atoms with Crippen LogP contribution in [0.5, 0.6) is 0 Å². The van der Waals surface area contributed by atoms with E-state index in [1.165, 1.54) is 38.4 Å². The first-order valence-corrected chi connectivity index (χ1v) is 10.4. The first-order valence-electron chi connectivity index (χ1n) is 8.34. The standard InChI is InChI=1S/C16H33NO2S/c1-4-10-17-13-16-9-8-14(5-2)12-15(16)7-6-11-20(3,18)19/h14-17H,4-13H2,1-3H3. The molecule has 1 rings (SSSR count). The number of nitrogens with one attached hydrogen (secondary N) is 1. The van der Waals surface area contributed by atoms with E-state index in [9.17, 15) is 8.42 Å². The van der Waals surface area contributed by atoms with Crippen LogP contribution in [0.25, 0.3) is 0 Å². The Labute approximate surface area is 125 Å². The lowest BCUT2D eigenvalue weighted by Gasteiger charge is -2.36. The predicted octanol–water partition coefficient (Wildman–Crippen LogP) is 3.25. The van der Waals surface area contributed by atoms with Gasteiger partial charge in [-0.05, 0) is 62.9 Å². The molecule has 0 amide bonds. The van der Waals surface area contributed by atoms with Crippen molar-refractivity contribution in [3.8, 4) is 0 Å². The van der Waals surface area contributed by atoms with Crippen molar-refractivity contribution in [3.63, 3.8) is 0 Å². The van der Waals surface area contributed by atoms with Crippen LogP contribution in [-0.2, 0) is 9.84 Å². The van der Waals surface area contributed by atoms with Gasteiger partial charge in [-0.25, -0.2) is 8.42 Å². The fraction of sp³-hybridized carbons (Fsp3) is 1.00. The number of hydrogen-bond acceptors (Lipinski definition) is 3. The van der Waals surface area contributed by atoms with Crippen LogP contribution in [0.2, 0.25) is 0 Å². The summed E-state index contributed by atoms with van der Waals surface area (Å²) in [6, 6.07) is 0. The van der Waals surface area contributed by atoms with Crippen molar-refractivity contribution >= 4 is 9.84 Å². The Balaban J connectivity index is 2.44. The van der Waals surface area contributed by atoms with Crippen molar-refractivity contribution in [1.82, 2.24) is 5.32 Å². The molecule has 3 atom stereocenters. The summed E-state index contributed by atoms with van der Waals surface area (Å²) < 4.78 is 22.5. The third kappa shape index (κ3) is 7.07. The van der Waals surface area contributed by atoms with E-state index in [4.69, 9.17) is 0 Å². The molecular weight excluding hydrogens is 270 g/mol. The fourth-order valence-corrected chi connectivity index (χ4v) is 4.18. The monoisotopic (exact) mass is 303 g/mol. The second kappa shape index (κ2) is 9.04. The lowest BCUT2D eigenvalue weighted by Crippen LogP contribution is -2.33. The quantitative estimate of drug-likeness (QED) is 0.665. The van der Waals surface area contributed by atoms with E-state index in [0.29, 0.717) is 5.75 Å². The maximum Gasteiger partial charge on any atom is 0.147 e. The van der Waals surface area contributed by atoms with Gasteiger partial charge in [0.2, 0.25) is 0 Å². The van der Waals surface area contributed by atoms with Gasteiger partial charge in [0.1, 0.15) is 9.84 Å². The van der Waals surface area contributed by atoms with Gasteiger partial charge >= 0.3 is 0 Å². The molecular formula is C16H33NO2S. The second-order valence-electron chi connectivity index (χ2n) is 6.58. The Kier molecular flexibility index (Phi) is 8.11. The molecule has 1 aliphatic rings. The van der Waals surface area contributed by atoms with Crippen LogP contribution < -0.4 is 5.32 Å². The van der Waals surface area contributed by atoms with Gasteiger partial charge in [-0.2, -0.15) is 0 Å². The van der Waals surface area contributed by atoms with Crippen molar-refractivity contribution in [3.05, 3.63) is 0 Å². The van der Waals surface area contributed by atoms with Crippen molar-refractivity contribution in [2.24, 2.45) is 17.8 Å². The van der Waals surface area contributed by atoms with Gasteiger partial charge in [-0.1, -0.05) is 26.7 Å². The zero-order valence-electron chi connectivity index (χ0n) is 13.5. The van der Waals surface area contributed by atoms with Gasteiger partial charge in [0.05, 0.1) is 0 Å². The highest BCUT2D eigenvalue weighted by atomic mass is 32.2. The second-order valence-corrected chi connectivity index (χ2v) is 8.84. The van der Waals surface area contributed by atoms with Crippen molar-refractivity contribution in [2.75, 3.05) is 25.1 Å². The van der Waals surface area contributed by atoms with Gasteiger partial charge in [0.15, 0.2) is 0 Å². The summed E-state index contributed by atoms with van der Waals surface area (Å²) >= 11 is 0. The zero-order valence-corrected chi connectivity index (χ0v) is 14.3. The lowest BCUT2D eigenvalue weighted by atomic mass is 9.71. The summed E-state index contributed by atoms with van der Waals surface area (Å²) in [5.74, 6) is 2.69. The van der Waals surface area contributed by atoms with E-state index < -0.39 is 9.84 Å². The van der Waals surface area contributed by atoms with E-state index in [1.54, 1.807) is 0 Å². The maximum absolute atomic E-state index is 11.3. The summed E-state index contributed by atoms with van der Waals surface area (Å²) in [6.45, 7) is 6.70. The average Bonchev–Trinajstić information content (AvgIpc) is 2.39. The number of hydrogen-bond donors (Lipinski definition) is 1. The van der Waals surface area contributed by atoms with Crippen LogP contribution in [0.3, 0.4) is 0 Å². The molecule has 1 fully saturated rings. The molecule has 1 saturated carbocycles. The van der Waals surface area contributed by atoms with E-state index in [0.717, 1.165) is 43.7 Å². The van der Waals surface area contributed by atoms with Gasteiger partial charge < -0.3 is 5.32 Å². The smallest absolute Gasteiger partial charge is 0.147 e. The van der Waals surface area contributed by atoms with Crippen LogP contribution >= 0.6 is 0 Å². The molecule has 1 aliphatic carbocycles. The molecule has 0 aromatic heterocycles. The molecule has 0 spiro atoms. The van der Waals surface area contributed by atoms with Crippen molar-refractivity contribution < 1.29 is 8.42 Å². The Morgan fingerprint density at radius 1 is 1.15 bits per heavy atom. The Hall–Kier alpha value is -0.0900. The molecule has 3 nitrogen and oxygen atoms in total. The minimum Gasteiger partial charge on any atom is -0.316 e. The van der Waals surface area contributed by atoms with E-state index in [-0.39, 0.29) is 0 Å². The summed E-state index contributed by atoms with van der Waals surface area (Å²) in [5, 5.41) is 3.56. The minimum absolute atomic E-state index is 0.357. The Morgan fingerprint density at radius 3 is 2.50 bits per heavy atom. The molecule has 3 unspecified atom stereocenters. The number of sulfone groups is 1. The van der Waals surface area contributed by atoms with Crippen LogP contribution in [0.4, 0.5) is 0 Å². The van der Waals surface area contributed by atoms with Crippen LogP contribution in [-0.4, -0.2) is 33.5 Å². The summed E-state index contributed by atoms with van der Waals surface area (Å²) in [7, 11) is -2.80. The van der Waals surface area contributed by atoms with Crippen LogP contribution in [0.1, 0.15) is 58.8 Å². The molecule has 4 heteroatoms. The van der Waals surface area contributed by atoms with Gasteiger partial charge in [0, 0.05) is 12.0 Å². The van der Waals surface area contributed by atoms with E-state index >= 15 is 0 Å². The van der Waals surface area contributed by atoms with E-state index in [2.05, 4.69) is 19.2 Å². The third-order valence-corrected chi connectivity index (χ3v) is 5.78. The highest BCUT2D eigenvalue weighted by Crippen LogP contribution is 2.37. The number of rotatable bonds is 9. The molecule has 0 aromatic carbocycles. The molecule has 0 aromatic rings. The molecule has 0 heterocycles. The molecule has 0 radical (unpaired) electrons. The SMILES string of the molecule is CCCNCC1CCC(CC)CC1CCCS(C)(=O)=O. The molecule has 0 aliphatic heterocycles. The third-order valence-electron chi connectivity index (χ3n) is 4.75. The first-order chi connectivity index (χ1) is 9.46. The fourth-order valence-electron chi connectivity index (χ4n) is 3.49. The Bertz CT molecular complexity index is 351. The molecule has 20 heavy (non-hydrogen) atoms. The molecule has 1 N–H and O–H groups in total. The largest absolute Gasteiger partial charge is 0.316 e.